The Morgan fingerprint density at radius 3 is 2.67 bits per heavy atom. The molecule has 2 amide bonds. The van der Waals surface area contributed by atoms with E-state index in [1.54, 1.807) is 11.9 Å². The molecular weight excluding hydrogens is 196 g/mol. The molecule has 0 bridgehead atoms. The van der Waals surface area contributed by atoms with E-state index in [1.807, 2.05) is 0 Å². The summed E-state index contributed by atoms with van der Waals surface area (Å²) in [5.41, 5.74) is -1.10. The number of aliphatic hydroxyl groups is 1. The molecule has 0 aromatic rings. The van der Waals surface area contributed by atoms with Crippen LogP contribution in [-0.4, -0.2) is 47.6 Å². The van der Waals surface area contributed by atoms with Crippen LogP contribution in [0.3, 0.4) is 0 Å². The van der Waals surface area contributed by atoms with Crippen molar-refractivity contribution in [3.63, 3.8) is 0 Å². The molecule has 1 aliphatic carbocycles. The van der Waals surface area contributed by atoms with Gasteiger partial charge in [0.1, 0.15) is 5.60 Å². The number of hydrogen-bond donors (Lipinski definition) is 2. The molecule has 0 aromatic carbocycles. The molecule has 1 unspecified atom stereocenters. The van der Waals surface area contributed by atoms with Crippen LogP contribution in [0, 0.1) is 5.92 Å². The summed E-state index contributed by atoms with van der Waals surface area (Å²) in [5, 5.41) is 12.2. The third-order valence-electron chi connectivity index (χ3n) is 3.21. The van der Waals surface area contributed by atoms with E-state index in [9.17, 15) is 14.7 Å². The third kappa shape index (κ3) is 1.84. The highest BCUT2D eigenvalue weighted by atomic mass is 16.3. The largest absolute Gasteiger partial charge is 0.380 e. The van der Waals surface area contributed by atoms with Crippen LogP contribution in [-0.2, 0) is 9.59 Å². The summed E-state index contributed by atoms with van der Waals surface area (Å²) >= 11 is 0. The molecule has 5 nitrogen and oxygen atoms in total. The van der Waals surface area contributed by atoms with E-state index in [0.717, 1.165) is 0 Å². The zero-order chi connectivity index (χ0) is 11.1. The Bertz CT molecular complexity index is 299. The van der Waals surface area contributed by atoms with Gasteiger partial charge in [-0.1, -0.05) is 0 Å². The van der Waals surface area contributed by atoms with Crippen molar-refractivity contribution in [1.29, 1.82) is 0 Å². The molecule has 0 radical (unpaired) electrons. The maximum Gasteiger partial charge on any atom is 0.254 e. The Hall–Kier alpha value is -1.10. The van der Waals surface area contributed by atoms with E-state index in [-0.39, 0.29) is 17.7 Å². The van der Waals surface area contributed by atoms with Gasteiger partial charge in [-0.3, -0.25) is 9.59 Å². The standard InChI is InChI=1S/C10H16N2O3/c1-11-8(13)7-2-5-12(6-7)9(14)10(15)3-4-10/h7,15H,2-6H2,1H3,(H,11,13). The number of carbonyl (C=O) groups excluding carboxylic acids is 2. The highest BCUT2D eigenvalue weighted by molar-refractivity contribution is 5.89. The molecule has 5 heteroatoms. The van der Waals surface area contributed by atoms with E-state index in [2.05, 4.69) is 5.32 Å². The highest BCUT2D eigenvalue weighted by Crippen LogP contribution is 2.38. The molecule has 0 aromatic heterocycles. The summed E-state index contributed by atoms with van der Waals surface area (Å²) < 4.78 is 0. The molecule has 1 saturated heterocycles. The minimum absolute atomic E-state index is 0.0203. The second kappa shape index (κ2) is 3.48. The van der Waals surface area contributed by atoms with Gasteiger partial charge in [0, 0.05) is 20.1 Å². The molecule has 1 atom stereocenters. The maximum atomic E-state index is 11.7. The Kier molecular flexibility index (Phi) is 2.42. The molecule has 84 valence electrons. The van der Waals surface area contributed by atoms with E-state index in [1.165, 1.54) is 0 Å². The minimum Gasteiger partial charge on any atom is -0.380 e. The molecule has 0 spiro atoms. The lowest BCUT2D eigenvalue weighted by Crippen LogP contribution is -2.40. The first-order valence-electron chi connectivity index (χ1n) is 5.30. The van der Waals surface area contributed by atoms with Gasteiger partial charge < -0.3 is 15.3 Å². The summed E-state index contributed by atoms with van der Waals surface area (Å²) in [6.45, 7) is 1.03. The molecule has 1 saturated carbocycles. The lowest BCUT2D eigenvalue weighted by atomic mass is 10.1. The van der Waals surface area contributed by atoms with Gasteiger partial charge in [-0.15, -0.1) is 0 Å². The average Bonchev–Trinajstić information content (AvgIpc) is 2.83. The zero-order valence-corrected chi connectivity index (χ0v) is 8.82. The summed E-state index contributed by atoms with van der Waals surface area (Å²) in [5.74, 6) is -0.330. The first-order chi connectivity index (χ1) is 7.07. The fourth-order valence-corrected chi connectivity index (χ4v) is 1.99. The minimum atomic E-state index is -1.10. The smallest absolute Gasteiger partial charge is 0.254 e. The van der Waals surface area contributed by atoms with E-state index >= 15 is 0 Å². The number of hydrogen-bond acceptors (Lipinski definition) is 3. The van der Waals surface area contributed by atoms with Crippen molar-refractivity contribution in [3.8, 4) is 0 Å². The van der Waals surface area contributed by atoms with Crippen LogP contribution in [0.15, 0.2) is 0 Å². The van der Waals surface area contributed by atoms with Gasteiger partial charge in [0.15, 0.2) is 0 Å². The van der Waals surface area contributed by atoms with Crippen molar-refractivity contribution in [3.05, 3.63) is 0 Å². The van der Waals surface area contributed by atoms with E-state index in [0.29, 0.717) is 32.4 Å². The highest BCUT2D eigenvalue weighted by Gasteiger charge is 2.51. The SMILES string of the molecule is CNC(=O)C1CCN(C(=O)C2(O)CC2)C1. The van der Waals surface area contributed by atoms with Gasteiger partial charge in [-0.2, -0.15) is 0 Å². The predicted molar refractivity (Wildman–Crippen MR) is 52.9 cm³/mol. The summed E-state index contributed by atoms with van der Waals surface area (Å²) in [6.07, 6.45) is 1.82. The molecule has 2 aliphatic rings. The Balaban J connectivity index is 1.92. The number of nitrogens with one attached hydrogen (secondary N) is 1. The number of carbonyl (C=O) groups is 2. The number of nitrogens with zero attached hydrogens (tertiary/aromatic N) is 1. The maximum absolute atomic E-state index is 11.7. The van der Waals surface area contributed by atoms with Crippen LogP contribution in [0.5, 0.6) is 0 Å². The van der Waals surface area contributed by atoms with Gasteiger partial charge in [0.2, 0.25) is 5.91 Å². The van der Waals surface area contributed by atoms with Gasteiger partial charge in [0.25, 0.3) is 5.91 Å². The number of likely N-dealkylation sites (tertiary alicyclic amines) is 1. The van der Waals surface area contributed by atoms with Crippen molar-refractivity contribution >= 4 is 11.8 Å². The lowest BCUT2D eigenvalue weighted by molar-refractivity contribution is -0.141. The lowest BCUT2D eigenvalue weighted by Gasteiger charge is -2.19. The Labute approximate surface area is 88.4 Å². The fourth-order valence-electron chi connectivity index (χ4n) is 1.99. The van der Waals surface area contributed by atoms with Gasteiger partial charge in [0.05, 0.1) is 5.92 Å². The van der Waals surface area contributed by atoms with Crippen molar-refractivity contribution in [2.75, 3.05) is 20.1 Å². The van der Waals surface area contributed by atoms with E-state index in [4.69, 9.17) is 0 Å². The molecule has 1 aliphatic heterocycles. The first-order valence-corrected chi connectivity index (χ1v) is 5.30. The van der Waals surface area contributed by atoms with Crippen LogP contribution in [0.2, 0.25) is 0 Å². The Morgan fingerprint density at radius 2 is 2.13 bits per heavy atom. The normalized spacial score (nSPS) is 27.6. The molecule has 15 heavy (non-hydrogen) atoms. The Morgan fingerprint density at radius 1 is 1.47 bits per heavy atom. The zero-order valence-electron chi connectivity index (χ0n) is 8.82. The van der Waals surface area contributed by atoms with Crippen LogP contribution >= 0.6 is 0 Å². The second-order valence-electron chi connectivity index (χ2n) is 4.38. The number of rotatable bonds is 2. The monoisotopic (exact) mass is 212 g/mol. The first kappa shape index (κ1) is 10.4. The van der Waals surface area contributed by atoms with Crippen molar-refractivity contribution < 1.29 is 14.7 Å². The molecule has 2 N–H and O–H groups in total. The van der Waals surface area contributed by atoms with Gasteiger partial charge in [-0.05, 0) is 19.3 Å². The molecular formula is C10H16N2O3. The van der Waals surface area contributed by atoms with Crippen molar-refractivity contribution in [1.82, 2.24) is 10.2 Å². The quantitative estimate of drug-likeness (QED) is 0.623. The van der Waals surface area contributed by atoms with Crippen LogP contribution in [0.4, 0.5) is 0 Å². The van der Waals surface area contributed by atoms with Gasteiger partial charge in [-0.25, -0.2) is 0 Å². The van der Waals surface area contributed by atoms with Crippen LogP contribution in [0.1, 0.15) is 19.3 Å². The molecule has 2 fully saturated rings. The average molecular weight is 212 g/mol. The van der Waals surface area contributed by atoms with Crippen LogP contribution in [0.25, 0.3) is 0 Å². The second-order valence-corrected chi connectivity index (χ2v) is 4.38. The van der Waals surface area contributed by atoms with Crippen molar-refractivity contribution in [2.45, 2.75) is 24.9 Å². The van der Waals surface area contributed by atoms with Crippen LogP contribution < -0.4 is 5.32 Å². The van der Waals surface area contributed by atoms with Gasteiger partial charge >= 0.3 is 0 Å². The van der Waals surface area contributed by atoms with Crippen molar-refractivity contribution in [2.24, 2.45) is 5.92 Å². The molecule has 2 rings (SSSR count). The topological polar surface area (TPSA) is 69.6 Å². The molecule has 1 heterocycles. The fraction of sp³-hybridized carbons (Fsp3) is 0.800. The summed E-state index contributed by atoms with van der Waals surface area (Å²) in [4.78, 5) is 24.7. The summed E-state index contributed by atoms with van der Waals surface area (Å²) in [7, 11) is 1.60. The predicted octanol–water partition coefficient (Wildman–Crippen LogP) is -0.894. The third-order valence-corrected chi connectivity index (χ3v) is 3.21. The van der Waals surface area contributed by atoms with E-state index < -0.39 is 5.60 Å². The number of amides is 2. The summed E-state index contributed by atoms with van der Waals surface area (Å²) in [6, 6.07) is 0.